The summed E-state index contributed by atoms with van der Waals surface area (Å²) in [5.41, 5.74) is 0. The number of carbonyl (C=O) groups is 1. The van der Waals surface area contributed by atoms with Crippen LogP contribution in [0.2, 0.25) is 0 Å². The second-order valence-corrected chi connectivity index (χ2v) is 6.29. The Balaban J connectivity index is 2.22. The van der Waals surface area contributed by atoms with Crippen LogP contribution < -0.4 is 5.32 Å². The molecule has 3 atom stereocenters. The predicted molar refractivity (Wildman–Crippen MR) is 74.7 cm³/mol. The van der Waals surface area contributed by atoms with Crippen molar-refractivity contribution in [2.75, 3.05) is 0 Å². The molecule has 0 aliphatic heterocycles. The van der Waals surface area contributed by atoms with Gasteiger partial charge in [0.15, 0.2) is 0 Å². The van der Waals surface area contributed by atoms with E-state index in [1.54, 1.807) is 0 Å². The van der Waals surface area contributed by atoms with Gasteiger partial charge in [-0.25, -0.2) is 0 Å². The molecule has 106 valence electrons. The Bertz CT molecular complexity index is 253. The number of hydrogen-bond acceptors (Lipinski definition) is 2. The van der Waals surface area contributed by atoms with Crippen LogP contribution in [0.4, 0.5) is 0 Å². The van der Waals surface area contributed by atoms with Gasteiger partial charge in [0.2, 0.25) is 0 Å². The lowest BCUT2D eigenvalue weighted by atomic mass is 9.85. The zero-order chi connectivity index (χ0) is 13.5. The third-order valence-corrected chi connectivity index (χ3v) is 3.96. The first-order chi connectivity index (χ1) is 8.49. The van der Waals surface area contributed by atoms with Crippen molar-refractivity contribution in [3.8, 4) is 0 Å². The maximum Gasteiger partial charge on any atom is 0.306 e. The summed E-state index contributed by atoms with van der Waals surface area (Å²) >= 11 is 0. The van der Waals surface area contributed by atoms with Gasteiger partial charge < -0.3 is 10.4 Å². The van der Waals surface area contributed by atoms with Crippen LogP contribution in [0.1, 0.15) is 65.7 Å². The maximum absolute atomic E-state index is 11.0. The quantitative estimate of drug-likeness (QED) is 0.732. The lowest BCUT2D eigenvalue weighted by molar-refractivity contribution is -0.143. The number of aliphatic carboxylic acids is 1. The molecule has 0 amide bonds. The third-order valence-electron chi connectivity index (χ3n) is 3.96. The van der Waals surface area contributed by atoms with Gasteiger partial charge in [-0.2, -0.15) is 0 Å². The molecule has 3 heteroatoms. The highest BCUT2D eigenvalue weighted by atomic mass is 16.4. The Kier molecular flexibility index (Phi) is 6.69. The average molecular weight is 255 g/mol. The molecular weight excluding hydrogens is 226 g/mol. The molecule has 3 nitrogen and oxygen atoms in total. The van der Waals surface area contributed by atoms with E-state index in [1.165, 1.54) is 19.3 Å². The minimum atomic E-state index is -0.617. The van der Waals surface area contributed by atoms with Gasteiger partial charge in [0.25, 0.3) is 0 Å². The van der Waals surface area contributed by atoms with E-state index in [2.05, 4.69) is 26.1 Å². The van der Waals surface area contributed by atoms with E-state index in [0.29, 0.717) is 12.1 Å². The van der Waals surface area contributed by atoms with Crippen molar-refractivity contribution in [1.29, 1.82) is 0 Å². The molecule has 1 fully saturated rings. The Morgan fingerprint density at radius 2 is 2.00 bits per heavy atom. The minimum absolute atomic E-state index is 0.126. The van der Waals surface area contributed by atoms with Crippen LogP contribution in [0.5, 0.6) is 0 Å². The van der Waals surface area contributed by atoms with E-state index >= 15 is 0 Å². The molecule has 0 bridgehead atoms. The molecular formula is C15H29NO2. The van der Waals surface area contributed by atoms with E-state index in [1.807, 2.05) is 0 Å². The first-order valence-electron chi connectivity index (χ1n) is 7.48. The van der Waals surface area contributed by atoms with Gasteiger partial charge in [-0.15, -0.1) is 0 Å². The Morgan fingerprint density at radius 1 is 1.28 bits per heavy atom. The third kappa shape index (κ3) is 5.85. The summed E-state index contributed by atoms with van der Waals surface area (Å²) in [6, 6.07) is 0.926. The van der Waals surface area contributed by atoms with Gasteiger partial charge in [-0.05, 0) is 38.5 Å². The van der Waals surface area contributed by atoms with Crippen molar-refractivity contribution in [3.05, 3.63) is 0 Å². The van der Waals surface area contributed by atoms with E-state index in [-0.39, 0.29) is 5.92 Å². The molecule has 1 rings (SSSR count). The second-order valence-electron chi connectivity index (χ2n) is 6.29. The molecule has 0 aromatic carbocycles. The van der Waals surface area contributed by atoms with E-state index < -0.39 is 5.97 Å². The van der Waals surface area contributed by atoms with Crippen LogP contribution in [-0.2, 0) is 4.79 Å². The standard InChI is InChI=1S/C15H29NO2/c1-11(2)6-4-7-12(3)16-14-9-5-8-13(10-14)15(17)18/h11-14,16H,4-10H2,1-3H3,(H,17,18). The lowest BCUT2D eigenvalue weighted by Gasteiger charge is -2.30. The highest BCUT2D eigenvalue weighted by Crippen LogP contribution is 2.25. The monoisotopic (exact) mass is 255 g/mol. The van der Waals surface area contributed by atoms with Crippen LogP contribution in [0.3, 0.4) is 0 Å². The number of rotatable bonds is 7. The molecule has 2 N–H and O–H groups in total. The van der Waals surface area contributed by atoms with Crippen LogP contribution in [0.25, 0.3) is 0 Å². The fraction of sp³-hybridized carbons (Fsp3) is 0.933. The Hall–Kier alpha value is -0.570. The minimum Gasteiger partial charge on any atom is -0.481 e. The SMILES string of the molecule is CC(C)CCCC(C)NC1CCCC(C(=O)O)C1. The Labute approximate surface area is 111 Å². The predicted octanol–water partition coefficient (Wildman–Crippen LogP) is 3.43. The lowest BCUT2D eigenvalue weighted by Crippen LogP contribution is -2.41. The summed E-state index contributed by atoms with van der Waals surface area (Å²) < 4.78 is 0. The molecule has 0 aromatic heterocycles. The molecule has 0 heterocycles. The topological polar surface area (TPSA) is 49.3 Å². The van der Waals surface area contributed by atoms with Crippen LogP contribution in [-0.4, -0.2) is 23.2 Å². The smallest absolute Gasteiger partial charge is 0.306 e. The van der Waals surface area contributed by atoms with Crippen molar-refractivity contribution in [1.82, 2.24) is 5.32 Å². The van der Waals surface area contributed by atoms with Crippen molar-refractivity contribution in [2.24, 2.45) is 11.8 Å². The van der Waals surface area contributed by atoms with Gasteiger partial charge in [0, 0.05) is 12.1 Å². The number of carboxylic acid groups (broad SMARTS) is 1. The molecule has 1 aliphatic rings. The van der Waals surface area contributed by atoms with Gasteiger partial charge in [0.05, 0.1) is 5.92 Å². The van der Waals surface area contributed by atoms with Crippen molar-refractivity contribution >= 4 is 5.97 Å². The zero-order valence-electron chi connectivity index (χ0n) is 12.1. The van der Waals surface area contributed by atoms with Gasteiger partial charge in [-0.1, -0.05) is 33.1 Å². The van der Waals surface area contributed by atoms with Crippen molar-refractivity contribution in [3.63, 3.8) is 0 Å². The normalized spacial score (nSPS) is 26.2. The summed E-state index contributed by atoms with van der Waals surface area (Å²) in [4.78, 5) is 11.0. The summed E-state index contributed by atoms with van der Waals surface area (Å²) in [7, 11) is 0. The van der Waals surface area contributed by atoms with E-state index in [0.717, 1.165) is 31.6 Å². The number of carboxylic acids is 1. The molecule has 0 aromatic rings. The molecule has 0 saturated heterocycles. The highest BCUT2D eigenvalue weighted by Gasteiger charge is 2.27. The largest absolute Gasteiger partial charge is 0.481 e. The molecule has 3 unspecified atom stereocenters. The summed E-state index contributed by atoms with van der Waals surface area (Å²) in [6.07, 6.45) is 7.60. The molecule has 0 radical (unpaired) electrons. The van der Waals surface area contributed by atoms with Crippen molar-refractivity contribution < 1.29 is 9.90 Å². The average Bonchev–Trinajstić information content (AvgIpc) is 2.28. The first-order valence-corrected chi connectivity index (χ1v) is 7.48. The molecule has 0 spiro atoms. The van der Waals surface area contributed by atoms with E-state index in [4.69, 9.17) is 5.11 Å². The fourth-order valence-electron chi connectivity index (χ4n) is 2.88. The number of hydrogen-bond donors (Lipinski definition) is 2. The van der Waals surface area contributed by atoms with Gasteiger partial charge >= 0.3 is 5.97 Å². The maximum atomic E-state index is 11.0. The Morgan fingerprint density at radius 3 is 2.61 bits per heavy atom. The van der Waals surface area contributed by atoms with E-state index in [9.17, 15) is 4.79 Å². The number of nitrogens with one attached hydrogen (secondary N) is 1. The van der Waals surface area contributed by atoms with Crippen LogP contribution in [0, 0.1) is 11.8 Å². The first kappa shape index (κ1) is 15.5. The zero-order valence-corrected chi connectivity index (χ0v) is 12.1. The second kappa shape index (κ2) is 7.78. The van der Waals surface area contributed by atoms with Crippen LogP contribution >= 0.6 is 0 Å². The van der Waals surface area contributed by atoms with Crippen LogP contribution in [0.15, 0.2) is 0 Å². The van der Waals surface area contributed by atoms with Gasteiger partial charge in [0.1, 0.15) is 0 Å². The summed E-state index contributed by atoms with van der Waals surface area (Å²) in [5.74, 6) is 0.0383. The molecule has 1 saturated carbocycles. The highest BCUT2D eigenvalue weighted by molar-refractivity contribution is 5.70. The fourth-order valence-corrected chi connectivity index (χ4v) is 2.88. The summed E-state index contributed by atoms with van der Waals surface area (Å²) in [5, 5.41) is 12.7. The molecule has 18 heavy (non-hydrogen) atoms. The van der Waals surface area contributed by atoms with Gasteiger partial charge in [-0.3, -0.25) is 4.79 Å². The molecule has 1 aliphatic carbocycles. The van der Waals surface area contributed by atoms with Crippen molar-refractivity contribution in [2.45, 2.75) is 77.8 Å². The summed E-state index contributed by atoms with van der Waals surface area (Å²) in [6.45, 7) is 6.75.